The van der Waals surface area contributed by atoms with Gasteiger partial charge in [-0.1, -0.05) is 24.6 Å². The van der Waals surface area contributed by atoms with Gasteiger partial charge >= 0.3 is 0 Å². The molecule has 2 N–H and O–H groups in total. The van der Waals surface area contributed by atoms with Crippen LogP contribution >= 0.6 is 22.9 Å². The molecule has 1 heterocycles. The molecule has 0 radical (unpaired) electrons. The lowest BCUT2D eigenvalue weighted by molar-refractivity contribution is 0.422. The Bertz CT molecular complexity index is 733. The van der Waals surface area contributed by atoms with Crippen LogP contribution in [0.2, 0.25) is 5.02 Å². The van der Waals surface area contributed by atoms with E-state index in [1.165, 1.54) is 21.7 Å². The van der Waals surface area contributed by atoms with Crippen molar-refractivity contribution in [1.82, 2.24) is 4.31 Å². The zero-order valence-corrected chi connectivity index (χ0v) is 13.6. The van der Waals surface area contributed by atoms with Crippen molar-refractivity contribution < 1.29 is 12.8 Å². The number of hydrogen-bond acceptors (Lipinski definition) is 4. The monoisotopic (exact) mass is 348 g/mol. The van der Waals surface area contributed by atoms with Crippen molar-refractivity contribution in [2.45, 2.75) is 18.4 Å². The summed E-state index contributed by atoms with van der Waals surface area (Å²) in [5.41, 5.74) is 5.67. The number of sulfonamides is 1. The fraction of sp³-hybridized carbons (Fsp3) is 0.231. The largest absolute Gasteiger partial charge is 0.399 e. The van der Waals surface area contributed by atoms with E-state index in [1.807, 2.05) is 17.5 Å². The average molecular weight is 349 g/mol. The van der Waals surface area contributed by atoms with Crippen LogP contribution in [-0.2, 0) is 16.6 Å². The lowest BCUT2D eigenvalue weighted by atomic mass is 10.3. The van der Waals surface area contributed by atoms with Crippen LogP contribution in [0.25, 0.3) is 0 Å². The maximum Gasteiger partial charge on any atom is 0.246 e. The molecule has 21 heavy (non-hydrogen) atoms. The van der Waals surface area contributed by atoms with Crippen LogP contribution < -0.4 is 5.73 Å². The number of nitrogen functional groups attached to an aromatic ring is 1. The maximum atomic E-state index is 14.1. The van der Waals surface area contributed by atoms with Crippen LogP contribution in [0.4, 0.5) is 10.1 Å². The Kier molecular flexibility index (Phi) is 4.88. The summed E-state index contributed by atoms with van der Waals surface area (Å²) in [6.45, 7) is 2.09. The molecule has 0 unspecified atom stereocenters. The standard InChI is InChI=1S/C13H14ClFN2O2S2/c1-2-17(8-10-4-3-5-20-10)21(18,19)12-7-9(16)6-11(14)13(12)15/h3-7H,2,8,16H2,1H3. The Morgan fingerprint density at radius 1 is 1.43 bits per heavy atom. The van der Waals surface area contributed by atoms with Crippen molar-refractivity contribution >= 4 is 38.6 Å². The molecule has 0 spiro atoms. The molecular weight excluding hydrogens is 335 g/mol. The zero-order chi connectivity index (χ0) is 15.6. The number of nitrogens with two attached hydrogens (primary N) is 1. The van der Waals surface area contributed by atoms with Crippen LogP contribution in [-0.4, -0.2) is 19.3 Å². The van der Waals surface area contributed by atoms with Gasteiger partial charge in [-0.3, -0.25) is 0 Å². The van der Waals surface area contributed by atoms with Gasteiger partial charge in [0.2, 0.25) is 10.0 Å². The van der Waals surface area contributed by atoms with Gasteiger partial charge in [0.1, 0.15) is 4.90 Å². The predicted molar refractivity (Wildman–Crippen MR) is 83.4 cm³/mol. The first-order chi connectivity index (χ1) is 9.86. The molecule has 0 aliphatic carbocycles. The highest BCUT2D eigenvalue weighted by Crippen LogP contribution is 2.29. The van der Waals surface area contributed by atoms with E-state index in [2.05, 4.69) is 0 Å². The van der Waals surface area contributed by atoms with Crippen molar-refractivity contribution in [3.05, 3.63) is 45.4 Å². The molecule has 1 aromatic heterocycles. The van der Waals surface area contributed by atoms with E-state index in [0.29, 0.717) is 0 Å². The number of benzene rings is 1. The third kappa shape index (κ3) is 3.37. The van der Waals surface area contributed by atoms with Gasteiger partial charge in [-0.15, -0.1) is 11.3 Å². The van der Waals surface area contributed by atoms with E-state index >= 15 is 0 Å². The SMILES string of the molecule is CCN(Cc1cccs1)S(=O)(=O)c1cc(N)cc(Cl)c1F. The number of halogens is 2. The van der Waals surface area contributed by atoms with Crippen molar-refractivity contribution in [2.75, 3.05) is 12.3 Å². The number of hydrogen-bond donors (Lipinski definition) is 1. The topological polar surface area (TPSA) is 63.4 Å². The van der Waals surface area contributed by atoms with Gasteiger partial charge in [0.25, 0.3) is 0 Å². The first-order valence-electron chi connectivity index (χ1n) is 6.13. The molecule has 0 saturated carbocycles. The Labute approximate surface area is 132 Å². The Balaban J connectivity index is 2.44. The maximum absolute atomic E-state index is 14.1. The summed E-state index contributed by atoms with van der Waals surface area (Å²) < 4.78 is 40.4. The minimum Gasteiger partial charge on any atom is -0.399 e. The molecule has 0 saturated heterocycles. The first kappa shape index (κ1) is 16.2. The van der Waals surface area contributed by atoms with E-state index < -0.39 is 20.7 Å². The molecule has 0 fully saturated rings. The second-order valence-corrected chi connectivity index (χ2v) is 7.67. The summed E-state index contributed by atoms with van der Waals surface area (Å²) in [6, 6.07) is 5.93. The van der Waals surface area contributed by atoms with Crippen molar-refractivity contribution in [3.63, 3.8) is 0 Å². The van der Waals surface area contributed by atoms with Crippen LogP contribution in [0.1, 0.15) is 11.8 Å². The Morgan fingerprint density at radius 3 is 2.71 bits per heavy atom. The van der Waals surface area contributed by atoms with Gasteiger partial charge in [0.15, 0.2) is 5.82 Å². The fourth-order valence-corrected chi connectivity index (χ4v) is 4.49. The first-order valence-corrected chi connectivity index (χ1v) is 8.83. The van der Waals surface area contributed by atoms with E-state index in [1.54, 1.807) is 6.92 Å². The number of thiophene rings is 1. The number of anilines is 1. The molecule has 2 rings (SSSR count). The molecule has 2 aromatic rings. The third-order valence-electron chi connectivity index (χ3n) is 2.90. The second-order valence-electron chi connectivity index (χ2n) is 4.33. The summed E-state index contributed by atoms with van der Waals surface area (Å²) in [5, 5.41) is 1.55. The molecule has 1 aromatic carbocycles. The molecular formula is C13H14ClFN2O2S2. The molecule has 114 valence electrons. The van der Waals surface area contributed by atoms with Crippen LogP contribution in [0.3, 0.4) is 0 Å². The van der Waals surface area contributed by atoms with E-state index in [0.717, 1.165) is 10.9 Å². The average Bonchev–Trinajstić information content (AvgIpc) is 2.92. The summed E-state index contributed by atoms with van der Waals surface area (Å²) in [4.78, 5) is 0.377. The zero-order valence-electron chi connectivity index (χ0n) is 11.2. The lowest BCUT2D eigenvalue weighted by Crippen LogP contribution is -2.31. The highest BCUT2D eigenvalue weighted by atomic mass is 35.5. The van der Waals surface area contributed by atoms with Crippen molar-refractivity contribution in [3.8, 4) is 0 Å². The smallest absolute Gasteiger partial charge is 0.246 e. The lowest BCUT2D eigenvalue weighted by Gasteiger charge is -2.20. The number of rotatable bonds is 5. The Hall–Kier alpha value is -1.15. The van der Waals surface area contributed by atoms with Crippen molar-refractivity contribution in [2.24, 2.45) is 0 Å². The molecule has 0 atom stereocenters. The summed E-state index contributed by atoms with van der Waals surface area (Å²) in [5.74, 6) is -0.976. The van der Waals surface area contributed by atoms with Gasteiger partial charge in [0, 0.05) is 23.7 Å². The third-order valence-corrected chi connectivity index (χ3v) is 5.96. The fourth-order valence-electron chi connectivity index (χ4n) is 1.85. The minimum atomic E-state index is -4.00. The molecule has 0 aliphatic heterocycles. The van der Waals surface area contributed by atoms with Crippen LogP contribution in [0.5, 0.6) is 0 Å². The van der Waals surface area contributed by atoms with Crippen LogP contribution in [0.15, 0.2) is 34.5 Å². The molecule has 0 bridgehead atoms. The normalized spacial score (nSPS) is 12.0. The van der Waals surface area contributed by atoms with Gasteiger partial charge in [0.05, 0.1) is 5.02 Å². The predicted octanol–water partition coefficient (Wildman–Crippen LogP) is 3.33. The minimum absolute atomic E-state index is 0.104. The highest BCUT2D eigenvalue weighted by molar-refractivity contribution is 7.89. The second kappa shape index (κ2) is 6.31. The van der Waals surface area contributed by atoms with Crippen molar-refractivity contribution in [1.29, 1.82) is 0 Å². The highest BCUT2D eigenvalue weighted by Gasteiger charge is 2.28. The van der Waals surface area contributed by atoms with E-state index in [4.69, 9.17) is 17.3 Å². The van der Waals surface area contributed by atoms with Gasteiger partial charge in [-0.25, -0.2) is 12.8 Å². The molecule has 8 heteroatoms. The quantitative estimate of drug-likeness (QED) is 0.843. The summed E-state index contributed by atoms with van der Waals surface area (Å²) >= 11 is 7.12. The van der Waals surface area contributed by atoms with Gasteiger partial charge in [-0.05, 0) is 23.6 Å². The summed E-state index contributed by atoms with van der Waals surface area (Å²) in [6.07, 6.45) is 0. The van der Waals surface area contributed by atoms with Crippen LogP contribution in [0, 0.1) is 5.82 Å². The number of nitrogens with zero attached hydrogens (tertiary/aromatic N) is 1. The molecule has 0 aliphatic rings. The Morgan fingerprint density at radius 2 is 2.14 bits per heavy atom. The molecule has 4 nitrogen and oxygen atoms in total. The van der Waals surface area contributed by atoms with Gasteiger partial charge < -0.3 is 5.73 Å². The summed E-state index contributed by atoms with van der Waals surface area (Å²) in [7, 11) is -4.00. The molecule has 0 amide bonds. The van der Waals surface area contributed by atoms with Gasteiger partial charge in [-0.2, -0.15) is 4.31 Å². The van der Waals surface area contributed by atoms with E-state index in [9.17, 15) is 12.8 Å². The van der Waals surface area contributed by atoms with E-state index in [-0.39, 0.29) is 23.8 Å².